The first-order valence-electron chi connectivity index (χ1n) is 3.23. The SMILES string of the molecule is O=[C-]c1cc2nccc(Cl)c2s1.[Cl-].[Li+]. The van der Waals surface area contributed by atoms with Gasteiger partial charge in [0.2, 0.25) is 0 Å². The van der Waals surface area contributed by atoms with E-state index in [0.29, 0.717) is 9.90 Å². The zero-order valence-corrected chi connectivity index (χ0v) is 9.58. The van der Waals surface area contributed by atoms with Crippen molar-refractivity contribution in [2.75, 3.05) is 0 Å². The zero-order valence-electron chi connectivity index (χ0n) is 7.25. The van der Waals surface area contributed by atoms with Crippen LogP contribution in [-0.2, 0) is 4.79 Å². The maximum absolute atomic E-state index is 10.3. The van der Waals surface area contributed by atoms with Gasteiger partial charge in [0, 0.05) is 18.0 Å². The molecule has 0 aliphatic carbocycles. The van der Waals surface area contributed by atoms with Crippen LogP contribution in [0.3, 0.4) is 0 Å². The molecule has 0 saturated carbocycles. The first-order chi connectivity index (χ1) is 5.81. The average molecular weight is 239 g/mol. The van der Waals surface area contributed by atoms with Gasteiger partial charge in [0.15, 0.2) is 0 Å². The second-order valence-electron chi connectivity index (χ2n) is 2.22. The molecule has 0 amide bonds. The summed E-state index contributed by atoms with van der Waals surface area (Å²) in [6.45, 7) is 0. The molecule has 2 aromatic heterocycles. The molecule has 2 heterocycles. The third-order valence-corrected chi connectivity index (χ3v) is 2.95. The van der Waals surface area contributed by atoms with Crippen molar-refractivity contribution in [1.82, 2.24) is 4.98 Å². The van der Waals surface area contributed by atoms with Crippen molar-refractivity contribution in [3.05, 3.63) is 28.2 Å². The van der Waals surface area contributed by atoms with Crippen LogP contribution in [0.2, 0.25) is 5.02 Å². The monoisotopic (exact) mass is 238 g/mol. The van der Waals surface area contributed by atoms with Crippen molar-refractivity contribution in [1.29, 1.82) is 0 Å². The summed E-state index contributed by atoms with van der Waals surface area (Å²) in [6.07, 6.45) is 3.43. The van der Waals surface area contributed by atoms with Crippen molar-refractivity contribution in [3.8, 4) is 0 Å². The van der Waals surface area contributed by atoms with Gasteiger partial charge in [-0.05, 0) is 6.07 Å². The molecule has 2 rings (SSSR count). The average Bonchev–Trinajstić information content (AvgIpc) is 2.49. The minimum Gasteiger partial charge on any atom is -1.00 e. The van der Waals surface area contributed by atoms with Gasteiger partial charge >= 0.3 is 18.9 Å². The van der Waals surface area contributed by atoms with Crippen LogP contribution in [0.25, 0.3) is 10.2 Å². The number of nitrogens with zero attached hydrogens (tertiary/aromatic N) is 1. The predicted molar refractivity (Wildman–Crippen MR) is 49.4 cm³/mol. The van der Waals surface area contributed by atoms with E-state index in [4.69, 9.17) is 11.6 Å². The van der Waals surface area contributed by atoms with Crippen molar-refractivity contribution in [2.24, 2.45) is 0 Å². The fraction of sp³-hybridized carbons (Fsp3) is 0. The molecule has 0 unspecified atom stereocenters. The topological polar surface area (TPSA) is 30.0 Å². The summed E-state index contributed by atoms with van der Waals surface area (Å²) in [7, 11) is 0. The molecule has 0 radical (unpaired) electrons. The Balaban J connectivity index is 0.000000845. The maximum atomic E-state index is 10.3. The first-order valence-corrected chi connectivity index (χ1v) is 4.43. The summed E-state index contributed by atoms with van der Waals surface area (Å²) in [5.41, 5.74) is 0.755. The van der Waals surface area contributed by atoms with Crippen molar-refractivity contribution < 1.29 is 36.1 Å². The number of halogens is 2. The Bertz CT molecular complexity index is 446. The number of aromatic nitrogens is 1. The van der Waals surface area contributed by atoms with Crippen molar-refractivity contribution in [3.63, 3.8) is 0 Å². The van der Waals surface area contributed by atoms with Crippen LogP contribution in [0, 0.1) is 0 Å². The Kier molecular flexibility index (Phi) is 5.73. The molecule has 0 N–H and O–H groups in total. The minimum absolute atomic E-state index is 0. The summed E-state index contributed by atoms with van der Waals surface area (Å²) in [5, 5.41) is 0.631. The van der Waals surface area contributed by atoms with E-state index in [1.54, 1.807) is 18.3 Å². The fourth-order valence-corrected chi connectivity index (χ4v) is 2.04. The Labute approximate surface area is 108 Å². The van der Waals surface area contributed by atoms with Gasteiger partial charge in [0.25, 0.3) is 0 Å². The van der Waals surface area contributed by atoms with Crippen LogP contribution in [0.4, 0.5) is 0 Å². The van der Waals surface area contributed by atoms with Gasteiger partial charge in [-0.1, -0.05) is 16.5 Å². The molecule has 0 aliphatic rings. The molecule has 2 nitrogen and oxygen atoms in total. The van der Waals surface area contributed by atoms with Gasteiger partial charge in [-0.3, -0.25) is 4.98 Å². The van der Waals surface area contributed by atoms with E-state index >= 15 is 0 Å². The first kappa shape index (κ1) is 14.0. The van der Waals surface area contributed by atoms with Crippen LogP contribution < -0.4 is 31.3 Å². The van der Waals surface area contributed by atoms with E-state index in [0.717, 1.165) is 10.2 Å². The van der Waals surface area contributed by atoms with Crippen molar-refractivity contribution >= 4 is 39.4 Å². The van der Waals surface area contributed by atoms with Crippen LogP contribution in [0.15, 0.2) is 18.3 Å². The number of carbonyl (C=O) groups excluding carboxylic acids is 1. The molecular formula is C8H3Cl2LiNOS-. The largest absolute Gasteiger partial charge is 1.00 e. The quantitative estimate of drug-likeness (QED) is 0.380. The molecule has 0 bridgehead atoms. The van der Waals surface area contributed by atoms with E-state index < -0.39 is 0 Å². The third kappa shape index (κ3) is 2.50. The van der Waals surface area contributed by atoms with E-state index in [1.165, 1.54) is 11.3 Å². The molecule has 0 atom stereocenters. The van der Waals surface area contributed by atoms with Crippen LogP contribution in [-0.4, -0.2) is 11.3 Å². The summed E-state index contributed by atoms with van der Waals surface area (Å²) in [5.74, 6) is 0. The molecule has 0 aliphatic heterocycles. The molecule has 6 heteroatoms. The molecule has 0 spiro atoms. The zero-order chi connectivity index (χ0) is 8.55. The van der Waals surface area contributed by atoms with Gasteiger partial charge in [0.05, 0.1) is 9.72 Å². The fourth-order valence-electron chi connectivity index (χ4n) is 0.957. The summed E-state index contributed by atoms with van der Waals surface area (Å²) >= 11 is 7.17. The van der Waals surface area contributed by atoms with E-state index in [9.17, 15) is 4.79 Å². The van der Waals surface area contributed by atoms with Gasteiger partial charge in [-0.2, -0.15) is 17.4 Å². The Morgan fingerprint density at radius 3 is 2.79 bits per heavy atom. The molecule has 0 fully saturated rings. The van der Waals surface area contributed by atoms with Crippen LogP contribution in [0.1, 0.15) is 4.88 Å². The number of hydrogen-bond donors (Lipinski definition) is 0. The van der Waals surface area contributed by atoms with Crippen molar-refractivity contribution in [2.45, 2.75) is 0 Å². The van der Waals surface area contributed by atoms with E-state index in [-0.39, 0.29) is 31.3 Å². The number of fused-ring (bicyclic) bond motifs is 1. The molecule has 14 heavy (non-hydrogen) atoms. The summed E-state index contributed by atoms with van der Waals surface area (Å²) in [6, 6.07) is 3.38. The number of hydrogen-bond acceptors (Lipinski definition) is 3. The third-order valence-electron chi connectivity index (χ3n) is 1.46. The second kappa shape index (κ2) is 5.75. The van der Waals surface area contributed by atoms with Gasteiger partial charge in [-0.25, -0.2) is 0 Å². The standard InChI is InChI=1S/C8H3ClNOS.ClH.Li/c9-6-1-2-10-7-3-5(4-11)12-8(6)7;;/h1-3H;1H;/q-1;;+1/p-1. The predicted octanol–water partition coefficient (Wildman–Crippen LogP) is -3.58. The molecule has 0 aromatic carbocycles. The molecule has 0 saturated heterocycles. The number of thiophene rings is 1. The minimum atomic E-state index is 0. The second-order valence-corrected chi connectivity index (χ2v) is 3.68. The Hall–Kier alpha value is -0.0426. The van der Waals surface area contributed by atoms with E-state index in [1.807, 2.05) is 6.29 Å². The molecule has 68 valence electrons. The summed E-state index contributed by atoms with van der Waals surface area (Å²) in [4.78, 5) is 14.9. The van der Waals surface area contributed by atoms with Gasteiger partial charge in [0.1, 0.15) is 0 Å². The number of pyridine rings is 1. The van der Waals surface area contributed by atoms with Gasteiger partial charge < -0.3 is 17.2 Å². The van der Waals surface area contributed by atoms with E-state index in [2.05, 4.69) is 4.98 Å². The molecule has 2 aromatic rings. The maximum Gasteiger partial charge on any atom is 1.00 e. The molecular weight excluding hydrogens is 236 g/mol. The number of rotatable bonds is 1. The summed E-state index contributed by atoms with van der Waals surface area (Å²) < 4.78 is 0.845. The normalized spacial score (nSPS) is 8.93. The van der Waals surface area contributed by atoms with Gasteiger partial charge in [-0.15, -0.1) is 0 Å². The Morgan fingerprint density at radius 1 is 1.50 bits per heavy atom. The van der Waals surface area contributed by atoms with Crippen LogP contribution in [0.5, 0.6) is 0 Å². The Morgan fingerprint density at radius 2 is 2.21 bits per heavy atom. The van der Waals surface area contributed by atoms with Crippen LogP contribution >= 0.6 is 22.9 Å². The smallest absolute Gasteiger partial charge is 1.00 e.